The van der Waals surface area contributed by atoms with Crippen molar-refractivity contribution < 1.29 is 4.79 Å². The Bertz CT molecular complexity index is 1540. The maximum Gasteiger partial charge on any atom is 0.254 e. The van der Waals surface area contributed by atoms with Crippen molar-refractivity contribution >= 4 is 41.2 Å². The van der Waals surface area contributed by atoms with E-state index in [0.717, 1.165) is 62.6 Å². The molecule has 2 aliphatic heterocycles. The Balaban J connectivity index is 1.00. The van der Waals surface area contributed by atoms with Crippen molar-refractivity contribution in [2.45, 2.75) is 23.9 Å². The van der Waals surface area contributed by atoms with E-state index in [9.17, 15) is 4.79 Å². The molecule has 214 valence electrons. The van der Waals surface area contributed by atoms with Gasteiger partial charge in [-0.15, -0.1) is 0 Å². The molecule has 3 aromatic carbocycles. The van der Waals surface area contributed by atoms with E-state index in [1.807, 2.05) is 47.4 Å². The summed E-state index contributed by atoms with van der Waals surface area (Å²) in [6.45, 7) is 6.09. The zero-order chi connectivity index (χ0) is 28.7. The number of fused-ring (bicyclic) bond motifs is 1. The van der Waals surface area contributed by atoms with E-state index in [0.29, 0.717) is 22.6 Å². The predicted molar refractivity (Wildman–Crippen MR) is 172 cm³/mol. The number of halogens is 1. The van der Waals surface area contributed by atoms with Gasteiger partial charge in [-0.05, 0) is 40.8 Å². The van der Waals surface area contributed by atoms with Gasteiger partial charge >= 0.3 is 0 Å². The third kappa shape index (κ3) is 7.21. The van der Waals surface area contributed by atoms with E-state index in [1.165, 1.54) is 16.7 Å². The van der Waals surface area contributed by atoms with Crippen LogP contribution in [-0.2, 0) is 18.7 Å². The molecule has 6 nitrogen and oxygen atoms in total. The van der Waals surface area contributed by atoms with Crippen LogP contribution in [0.3, 0.4) is 0 Å². The fourth-order valence-electron chi connectivity index (χ4n) is 5.42. The van der Waals surface area contributed by atoms with Crippen molar-refractivity contribution in [1.82, 2.24) is 19.8 Å². The molecule has 3 heterocycles. The van der Waals surface area contributed by atoms with E-state index in [2.05, 4.69) is 69.4 Å². The third-order valence-electron chi connectivity index (χ3n) is 7.82. The second-order valence-corrected chi connectivity index (χ2v) is 12.0. The molecule has 0 atom stereocenters. The molecule has 6 rings (SSSR count). The second-order valence-electron chi connectivity index (χ2n) is 10.7. The van der Waals surface area contributed by atoms with Crippen LogP contribution < -0.4 is 4.90 Å². The zero-order valence-electron chi connectivity index (χ0n) is 23.5. The summed E-state index contributed by atoms with van der Waals surface area (Å²) in [7, 11) is 0. The molecule has 1 fully saturated rings. The number of aromatic nitrogens is 2. The lowest BCUT2D eigenvalue weighted by Crippen LogP contribution is -2.46. The molecular formula is C34H34ClN5OS. The highest BCUT2D eigenvalue weighted by atomic mass is 35.5. The summed E-state index contributed by atoms with van der Waals surface area (Å²) in [5, 5.41) is 1.12. The molecule has 0 aliphatic carbocycles. The second kappa shape index (κ2) is 13.6. The van der Waals surface area contributed by atoms with Gasteiger partial charge in [0.2, 0.25) is 0 Å². The van der Waals surface area contributed by atoms with E-state index in [1.54, 1.807) is 11.8 Å². The van der Waals surface area contributed by atoms with Crippen LogP contribution in [-0.4, -0.2) is 64.9 Å². The lowest BCUT2D eigenvalue weighted by Gasteiger charge is -2.35. The van der Waals surface area contributed by atoms with Crippen molar-refractivity contribution in [3.63, 3.8) is 0 Å². The highest BCUT2D eigenvalue weighted by Gasteiger charge is 2.22. The quantitative estimate of drug-likeness (QED) is 0.132. The number of benzene rings is 3. The predicted octanol–water partition coefficient (Wildman–Crippen LogP) is 6.46. The molecule has 0 unspecified atom stereocenters. The molecule has 42 heavy (non-hydrogen) atoms. The van der Waals surface area contributed by atoms with E-state index in [-0.39, 0.29) is 5.91 Å². The first-order valence-corrected chi connectivity index (χ1v) is 15.8. The van der Waals surface area contributed by atoms with Crippen LogP contribution in [0.2, 0.25) is 5.15 Å². The van der Waals surface area contributed by atoms with Gasteiger partial charge in [0.1, 0.15) is 11.0 Å². The topological polar surface area (TPSA) is 52.6 Å². The molecular weight excluding hydrogens is 562 g/mol. The summed E-state index contributed by atoms with van der Waals surface area (Å²) >= 11 is 7.98. The number of carbonyl (C=O) groups is 1. The molecule has 0 N–H and O–H groups in total. The molecule has 1 aromatic heterocycles. The number of anilines is 1. The first-order chi connectivity index (χ1) is 20.6. The minimum Gasteiger partial charge on any atom is -0.354 e. The van der Waals surface area contributed by atoms with Gasteiger partial charge in [0, 0.05) is 63.2 Å². The molecule has 0 radical (unpaired) electrons. The average molecular weight is 596 g/mol. The largest absolute Gasteiger partial charge is 0.354 e. The normalized spacial score (nSPS) is 15.6. The van der Waals surface area contributed by atoms with Crippen LogP contribution in [0.1, 0.15) is 32.6 Å². The molecule has 2 aliphatic rings. The first-order valence-electron chi connectivity index (χ1n) is 14.4. The molecule has 0 spiro atoms. The monoisotopic (exact) mass is 595 g/mol. The number of carbonyl (C=O) groups excluding carboxylic acids is 1. The highest BCUT2D eigenvalue weighted by molar-refractivity contribution is 7.98. The Hall–Kier alpha value is -3.65. The van der Waals surface area contributed by atoms with Crippen LogP contribution in [0.4, 0.5) is 5.82 Å². The van der Waals surface area contributed by atoms with Crippen molar-refractivity contribution in [2.24, 2.45) is 0 Å². The number of rotatable bonds is 8. The molecule has 4 aromatic rings. The minimum absolute atomic E-state index is 0.0823. The van der Waals surface area contributed by atoms with Gasteiger partial charge in [0.05, 0.1) is 0 Å². The van der Waals surface area contributed by atoms with Gasteiger partial charge in [-0.3, -0.25) is 9.69 Å². The van der Waals surface area contributed by atoms with Gasteiger partial charge in [0.15, 0.2) is 5.16 Å². The molecule has 1 amide bonds. The Labute approximate surface area is 257 Å². The maximum atomic E-state index is 13.1. The number of nitrogens with zero attached hydrogens (tertiary/aromatic N) is 5. The molecule has 0 bridgehead atoms. The number of piperazine rings is 1. The molecule has 8 heteroatoms. The van der Waals surface area contributed by atoms with Gasteiger partial charge in [0.25, 0.3) is 5.91 Å². The number of hydrogen-bond acceptors (Lipinski definition) is 6. The zero-order valence-corrected chi connectivity index (χ0v) is 25.1. The maximum absolute atomic E-state index is 13.1. The van der Waals surface area contributed by atoms with E-state index < -0.39 is 0 Å². The summed E-state index contributed by atoms with van der Waals surface area (Å²) in [4.78, 5) is 29.1. The van der Waals surface area contributed by atoms with Crippen LogP contribution in [0.15, 0.2) is 96.2 Å². The highest BCUT2D eigenvalue weighted by Crippen LogP contribution is 2.26. The Kier molecular flexibility index (Phi) is 9.18. The summed E-state index contributed by atoms with van der Waals surface area (Å²) in [6.07, 6.45) is 5.32. The minimum atomic E-state index is 0.0823. The SMILES string of the molecule is O=C(c1ccc(CSc2nc(Cl)cc(N3CCN(CC=Cc4ccccc4)CC3)n2)cc1)N1CCc2ccccc2C1. The Morgan fingerprint density at radius 1 is 0.857 bits per heavy atom. The van der Waals surface area contributed by atoms with Gasteiger partial charge in [-0.25, -0.2) is 9.97 Å². The summed E-state index contributed by atoms with van der Waals surface area (Å²) in [5.74, 6) is 1.66. The van der Waals surface area contributed by atoms with Gasteiger partial charge < -0.3 is 9.80 Å². The number of hydrogen-bond donors (Lipinski definition) is 0. The number of amides is 1. The van der Waals surface area contributed by atoms with E-state index in [4.69, 9.17) is 16.6 Å². The molecule has 0 saturated carbocycles. The standard InChI is InChI=1S/C34H34ClN5OS/c35-31-23-32(39-21-19-38(20-22-39)17-6-9-26-7-2-1-3-8-26)37-34(36-31)42-25-27-12-14-29(15-13-27)33(41)40-18-16-28-10-4-5-11-30(28)24-40/h1-15,23H,16-22,24-25H2. The lowest BCUT2D eigenvalue weighted by molar-refractivity contribution is 0.0734. The van der Waals surface area contributed by atoms with Crippen molar-refractivity contribution in [3.8, 4) is 0 Å². The van der Waals surface area contributed by atoms with Crippen LogP contribution in [0, 0.1) is 0 Å². The summed E-state index contributed by atoms with van der Waals surface area (Å²) < 4.78 is 0. The number of thioether (sulfide) groups is 1. The molecule has 1 saturated heterocycles. The lowest BCUT2D eigenvalue weighted by atomic mass is 9.99. The summed E-state index contributed by atoms with van der Waals surface area (Å²) in [6, 6.07) is 28.5. The average Bonchev–Trinajstić information content (AvgIpc) is 3.04. The van der Waals surface area contributed by atoms with Crippen LogP contribution in [0.25, 0.3) is 6.08 Å². The third-order valence-corrected chi connectivity index (χ3v) is 8.93. The van der Waals surface area contributed by atoms with Gasteiger partial charge in [-0.1, -0.05) is 102 Å². The fraction of sp³-hybridized carbons (Fsp3) is 0.265. The van der Waals surface area contributed by atoms with Gasteiger partial charge in [-0.2, -0.15) is 0 Å². The fourth-order valence-corrected chi connectivity index (χ4v) is 6.45. The van der Waals surface area contributed by atoms with Crippen LogP contribution in [0.5, 0.6) is 0 Å². The first kappa shape index (κ1) is 28.5. The Morgan fingerprint density at radius 2 is 1.60 bits per heavy atom. The van der Waals surface area contributed by atoms with Crippen molar-refractivity contribution in [1.29, 1.82) is 0 Å². The van der Waals surface area contributed by atoms with Crippen molar-refractivity contribution in [2.75, 3.05) is 44.2 Å². The smallest absolute Gasteiger partial charge is 0.254 e. The van der Waals surface area contributed by atoms with Crippen LogP contribution >= 0.6 is 23.4 Å². The Morgan fingerprint density at radius 3 is 2.38 bits per heavy atom. The van der Waals surface area contributed by atoms with E-state index >= 15 is 0 Å². The van der Waals surface area contributed by atoms with Crippen molar-refractivity contribution in [3.05, 3.63) is 124 Å². The summed E-state index contributed by atoms with van der Waals surface area (Å²) in [5.41, 5.74) is 5.64.